The van der Waals surface area contributed by atoms with Gasteiger partial charge < -0.3 is 20.4 Å². The van der Waals surface area contributed by atoms with Gasteiger partial charge in [-0.25, -0.2) is 0 Å². The van der Waals surface area contributed by atoms with Crippen LogP contribution in [0.4, 0.5) is 0 Å². The number of carbonyl (C=O) groups is 2. The minimum Gasteiger partial charge on any atom is -0.393 e. The predicted octanol–water partition coefficient (Wildman–Crippen LogP) is 1.22. The van der Waals surface area contributed by atoms with E-state index in [1.165, 1.54) is 0 Å². The molecule has 0 bridgehead atoms. The van der Waals surface area contributed by atoms with Crippen LogP contribution in [0, 0.1) is 34.5 Å². The van der Waals surface area contributed by atoms with Crippen LogP contribution in [0.25, 0.3) is 0 Å². The molecule has 4 aliphatic carbocycles. The number of aliphatic hydroxyl groups excluding tert-OH is 2. The third-order valence-electron chi connectivity index (χ3n) is 9.88. The fourth-order valence-corrected chi connectivity index (χ4v) is 8.17. The van der Waals surface area contributed by atoms with Crippen LogP contribution in [0.1, 0.15) is 65.7 Å². The van der Waals surface area contributed by atoms with Gasteiger partial charge in [-0.3, -0.25) is 9.59 Å². The van der Waals surface area contributed by atoms with E-state index in [0.717, 1.165) is 0 Å². The van der Waals surface area contributed by atoms with Gasteiger partial charge in [-0.15, -0.1) is 0 Å². The molecule has 0 aromatic rings. The Morgan fingerprint density at radius 1 is 1.11 bits per heavy atom. The van der Waals surface area contributed by atoms with E-state index in [0.29, 0.717) is 38.5 Å². The Hall–Kier alpha value is -0.820. The van der Waals surface area contributed by atoms with Crippen molar-refractivity contribution in [3.05, 3.63) is 0 Å². The molecule has 4 rings (SSSR count). The summed E-state index contributed by atoms with van der Waals surface area (Å²) in [6.45, 7) is 5.03. The summed E-state index contributed by atoms with van der Waals surface area (Å²) < 4.78 is 0. The monoisotopic (exact) mass is 394 g/mol. The average Bonchev–Trinajstić information content (AvgIpc) is 2.92. The lowest BCUT2D eigenvalue weighted by Gasteiger charge is -2.66. The predicted molar refractivity (Wildman–Crippen MR) is 101 cm³/mol. The summed E-state index contributed by atoms with van der Waals surface area (Å²) in [6.07, 6.45) is 2.65. The molecule has 0 saturated heterocycles. The van der Waals surface area contributed by atoms with Crippen LogP contribution in [0.3, 0.4) is 0 Å². The van der Waals surface area contributed by atoms with Crippen molar-refractivity contribution in [1.29, 1.82) is 0 Å². The molecule has 0 heterocycles. The highest BCUT2D eigenvalue weighted by Gasteiger charge is 2.71. The van der Waals surface area contributed by atoms with Crippen LogP contribution in [0.2, 0.25) is 0 Å². The van der Waals surface area contributed by atoms with Gasteiger partial charge >= 0.3 is 0 Å². The lowest BCUT2D eigenvalue weighted by molar-refractivity contribution is -0.251. The summed E-state index contributed by atoms with van der Waals surface area (Å²) in [4.78, 5) is 24.8. The number of fused-ring (bicyclic) bond motifs is 5. The largest absolute Gasteiger partial charge is 0.393 e. The van der Waals surface area contributed by atoms with Crippen molar-refractivity contribution in [3.8, 4) is 0 Å². The normalized spacial score (nSPS) is 56.0. The van der Waals surface area contributed by atoms with Gasteiger partial charge in [0.2, 0.25) is 0 Å². The summed E-state index contributed by atoms with van der Waals surface area (Å²) >= 11 is 0. The molecule has 4 aliphatic rings. The Morgan fingerprint density at radius 2 is 1.79 bits per heavy atom. The summed E-state index contributed by atoms with van der Waals surface area (Å²) in [5.41, 5.74) is -4.07. The molecule has 4 saturated carbocycles. The number of hydrogen-bond donors (Lipinski definition) is 4. The van der Waals surface area contributed by atoms with Gasteiger partial charge in [-0.2, -0.15) is 0 Å². The third-order valence-corrected chi connectivity index (χ3v) is 9.88. The molecule has 9 unspecified atom stereocenters. The molecule has 4 N–H and O–H groups in total. The first-order chi connectivity index (χ1) is 13.0. The van der Waals surface area contributed by atoms with Gasteiger partial charge in [-0.1, -0.05) is 20.8 Å². The second kappa shape index (κ2) is 6.10. The molecule has 0 radical (unpaired) electrons. The molecule has 9 atom stereocenters. The van der Waals surface area contributed by atoms with E-state index >= 15 is 0 Å². The zero-order valence-corrected chi connectivity index (χ0v) is 17.1. The molecule has 4 fully saturated rings. The summed E-state index contributed by atoms with van der Waals surface area (Å²) in [5.74, 6) is -0.929. The average molecular weight is 395 g/mol. The fourth-order valence-electron chi connectivity index (χ4n) is 8.17. The van der Waals surface area contributed by atoms with E-state index in [9.17, 15) is 30.0 Å². The van der Waals surface area contributed by atoms with Crippen LogP contribution in [-0.2, 0) is 9.59 Å². The van der Waals surface area contributed by atoms with Gasteiger partial charge in [0.05, 0.1) is 11.7 Å². The Balaban J connectivity index is 1.75. The van der Waals surface area contributed by atoms with E-state index in [2.05, 4.69) is 0 Å². The minimum atomic E-state index is -1.61. The molecule has 0 aromatic carbocycles. The number of rotatable bonds is 2. The van der Waals surface area contributed by atoms with E-state index in [4.69, 9.17) is 0 Å². The SMILES string of the molecule is CC1C(=O)CCC2(C)C3C(O)CC4(C)C(CCC4(O)C(=O)CO)C3CCC12O. The summed E-state index contributed by atoms with van der Waals surface area (Å²) in [5, 5.41) is 43.5. The van der Waals surface area contributed by atoms with Crippen molar-refractivity contribution < 1.29 is 30.0 Å². The van der Waals surface area contributed by atoms with E-state index in [-0.39, 0.29) is 30.0 Å². The van der Waals surface area contributed by atoms with Crippen molar-refractivity contribution in [2.24, 2.45) is 34.5 Å². The highest BCUT2D eigenvalue weighted by molar-refractivity contribution is 5.89. The first kappa shape index (κ1) is 20.5. The van der Waals surface area contributed by atoms with Gasteiger partial charge in [-0.05, 0) is 56.3 Å². The molecule has 0 aliphatic heterocycles. The smallest absolute Gasteiger partial charge is 0.190 e. The van der Waals surface area contributed by atoms with Gasteiger partial charge in [0.1, 0.15) is 18.0 Å². The van der Waals surface area contributed by atoms with Crippen LogP contribution < -0.4 is 0 Å². The zero-order valence-electron chi connectivity index (χ0n) is 17.1. The lowest BCUT2D eigenvalue weighted by atomic mass is 9.41. The van der Waals surface area contributed by atoms with Crippen molar-refractivity contribution in [1.82, 2.24) is 0 Å². The van der Waals surface area contributed by atoms with E-state index in [1.807, 2.05) is 20.8 Å². The molecule has 0 amide bonds. The molecule has 28 heavy (non-hydrogen) atoms. The summed E-state index contributed by atoms with van der Waals surface area (Å²) in [7, 11) is 0. The number of aliphatic hydroxyl groups is 4. The maximum Gasteiger partial charge on any atom is 0.190 e. The third kappa shape index (κ3) is 2.18. The molecule has 0 spiro atoms. The molecular formula is C22H34O6. The number of Topliss-reactive ketones (excluding diaryl/α,β-unsaturated/α-hetero) is 2. The molecular weight excluding hydrogens is 360 g/mol. The second-order valence-corrected chi connectivity index (χ2v) is 10.5. The number of carbonyl (C=O) groups excluding carboxylic acids is 2. The molecule has 6 heteroatoms. The second-order valence-electron chi connectivity index (χ2n) is 10.5. The van der Waals surface area contributed by atoms with Crippen LogP contribution in [0.5, 0.6) is 0 Å². The Labute approximate surface area is 166 Å². The van der Waals surface area contributed by atoms with Gasteiger partial charge in [0.25, 0.3) is 0 Å². The van der Waals surface area contributed by atoms with Gasteiger partial charge in [0, 0.05) is 23.2 Å². The highest BCUT2D eigenvalue weighted by Crippen LogP contribution is 2.69. The number of hydrogen-bond acceptors (Lipinski definition) is 6. The quantitative estimate of drug-likeness (QED) is 0.560. The van der Waals surface area contributed by atoms with Crippen LogP contribution in [0.15, 0.2) is 0 Å². The van der Waals surface area contributed by atoms with Crippen LogP contribution >= 0.6 is 0 Å². The standard InChI is InChI=1S/C22H34O6/c1-12-15(24)6-7-19(2)18-13(4-8-21(12,19)27)14-5-9-22(28,17(26)11-23)20(14,3)10-16(18)25/h12-14,16,18,23,25,27-28H,4-11H2,1-3H3. The van der Waals surface area contributed by atoms with Crippen molar-refractivity contribution in [3.63, 3.8) is 0 Å². The first-order valence-corrected chi connectivity index (χ1v) is 10.8. The maximum atomic E-state index is 12.4. The molecule has 158 valence electrons. The van der Waals surface area contributed by atoms with Crippen molar-refractivity contribution in [2.45, 2.75) is 83.0 Å². The van der Waals surface area contributed by atoms with Gasteiger partial charge in [0.15, 0.2) is 5.78 Å². The van der Waals surface area contributed by atoms with Crippen molar-refractivity contribution >= 4 is 11.6 Å². The Kier molecular flexibility index (Phi) is 4.45. The fraction of sp³-hybridized carbons (Fsp3) is 0.909. The Morgan fingerprint density at radius 3 is 2.43 bits per heavy atom. The first-order valence-electron chi connectivity index (χ1n) is 10.8. The highest BCUT2D eigenvalue weighted by atomic mass is 16.3. The number of ketones is 2. The Bertz CT molecular complexity index is 707. The van der Waals surface area contributed by atoms with Crippen molar-refractivity contribution in [2.75, 3.05) is 6.61 Å². The zero-order chi connectivity index (χ0) is 20.7. The lowest BCUT2D eigenvalue weighted by Crippen LogP contribution is -2.69. The summed E-state index contributed by atoms with van der Waals surface area (Å²) in [6, 6.07) is 0. The topological polar surface area (TPSA) is 115 Å². The molecule has 0 aromatic heterocycles. The molecule has 6 nitrogen and oxygen atoms in total. The van der Waals surface area contributed by atoms with Crippen LogP contribution in [-0.4, -0.2) is 55.9 Å². The minimum absolute atomic E-state index is 0.0516. The van der Waals surface area contributed by atoms with E-state index in [1.54, 1.807) is 0 Å². The van der Waals surface area contributed by atoms with E-state index < -0.39 is 46.4 Å². The maximum absolute atomic E-state index is 12.4.